The van der Waals surface area contributed by atoms with Gasteiger partial charge in [0.05, 0.1) is 19.8 Å². The summed E-state index contributed by atoms with van der Waals surface area (Å²) in [6, 6.07) is 5.64. The summed E-state index contributed by atoms with van der Waals surface area (Å²) < 4.78 is 10.5. The van der Waals surface area contributed by atoms with Crippen molar-refractivity contribution < 1.29 is 9.47 Å². The zero-order valence-electron chi connectivity index (χ0n) is 10.6. The third kappa shape index (κ3) is 2.53. The van der Waals surface area contributed by atoms with Crippen LogP contribution in [0.1, 0.15) is 6.92 Å². The molecule has 5 nitrogen and oxygen atoms in total. The van der Waals surface area contributed by atoms with Crippen molar-refractivity contribution in [2.45, 2.75) is 6.92 Å². The molecule has 6 heteroatoms. The van der Waals surface area contributed by atoms with Crippen LogP contribution in [-0.4, -0.2) is 31.0 Å². The predicted octanol–water partition coefficient (Wildman–Crippen LogP) is 2.65. The first-order valence-electron chi connectivity index (χ1n) is 5.58. The Bertz CT molecular complexity index is 528. The molecule has 18 heavy (non-hydrogen) atoms. The topological polar surface area (TPSA) is 56.3 Å². The Balaban J connectivity index is 2.36. The number of hydrogen-bond acceptors (Lipinski definition) is 6. The Morgan fingerprint density at radius 2 is 2.06 bits per heavy atom. The van der Waals surface area contributed by atoms with Crippen molar-refractivity contribution in [3.63, 3.8) is 0 Å². The van der Waals surface area contributed by atoms with Crippen molar-refractivity contribution >= 4 is 16.5 Å². The van der Waals surface area contributed by atoms with Crippen LogP contribution in [0.15, 0.2) is 18.2 Å². The van der Waals surface area contributed by atoms with Crippen LogP contribution >= 0.6 is 11.3 Å². The molecule has 1 N–H and O–H groups in total. The maximum atomic E-state index is 5.35. The minimum absolute atomic E-state index is 0.730. The minimum Gasteiger partial charge on any atom is -0.497 e. The molecular weight excluding hydrogens is 250 g/mol. The molecule has 96 valence electrons. The van der Waals surface area contributed by atoms with Crippen molar-refractivity contribution in [2.75, 3.05) is 26.1 Å². The Kier molecular flexibility index (Phi) is 3.99. The smallest absolute Gasteiger partial charge is 0.205 e. The number of nitrogens with one attached hydrogen (secondary N) is 1. The number of ether oxygens (including phenoxy) is 2. The van der Waals surface area contributed by atoms with Gasteiger partial charge in [-0.15, -0.1) is 10.2 Å². The van der Waals surface area contributed by atoms with E-state index in [4.69, 9.17) is 9.47 Å². The second-order valence-electron chi connectivity index (χ2n) is 3.51. The monoisotopic (exact) mass is 265 g/mol. The maximum Gasteiger partial charge on any atom is 0.205 e. The fraction of sp³-hybridized carbons (Fsp3) is 0.333. The van der Waals surface area contributed by atoms with Gasteiger partial charge in [0.15, 0.2) is 5.01 Å². The lowest BCUT2D eigenvalue weighted by molar-refractivity contribution is 0.395. The van der Waals surface area contributed by atoms with Crippen molar-refractivity contribution in [1.82, 2.24) is 10.2 Å². The quantitative estimate of drug-likeness (QED) is 0.900. The van der Waals surface area contributed by atoms with Crippen LogP contribution in [0.4, 0.5) is 5.13 Å². The van der Waals surface area contributed by atoms with E-state index >= 15 is 0 Å². The van der Waals surface area contributed by atoms with Gasteiger partial charge >= 0.3 is 0 Å². The summed E-state index contributed by atoms with van der Waals surface area (Å²) >= 11 is 1.50. The van der Waals surface area contributed by atoms with Gasteiger partial charge in [0, 0.05) is 12.6 Å². The van der Waals surface area contributed by atoms with Gasteiger partial charge in [-0.1, -0.05) is 11.3 Å². The molecule has 0 atom stereocenters. The van der Waals surface area contributed by atoms with Gasteiger partial charge in [0.2, 0.25) is 5.13 Å². The highest BCUT2D eigenvalue weighted by atomic mass is 32.1. The average molecular weight is 265 g/mol. The van der Waals surface area contributed by atoms with E-state index in [1.54, 1.807) is 14.2 Å². The predicted molar refractivity (Wildman–Crippen MR) is 72.6 cm³/mol. The average Bonchev–Trinajstić information content (AvgIpc) is 2.87. The Hall–Kier alpha value is -1.82. The highest BCUT2D eigenvalue weighted by molar-refractivity contribution is 7.18. The summed E-state index contributed by atoms with van der Waals surface area (Å²) in [6.45, 7) is 2.85. The van der Waals surface area contributed by atoms with Crippen LogP contribution in [0.5, 0.6) is 11.5 Å². The molecule has 0 bridgehead atoms. The van der Waals surface area contributed by atoms with Gasteiger partial charge < -0.3 is 14.8 Å². The van der Waals surface area contributed by atoms with Gasteiger partial charge in [0.1, 0.15) is 11.5 Å². The lowest BCUT2D eigenvalue weighted by Gasteiger charge is -2.07. The van der Waals surface area contributed by atoms with Crippen LogP contribution in [-0.2, 0) is 0 Å². The van der Waals surface area contributed by atoms with E-state index in [1.165, 1.54) is 11.3 Å². The molecule has 0 aliphatic carbocycles. The molecule has 0 aliphatic rings. The maximum absolute atomic E-state index is 5.35. The molecule has 1 heterocycles. The third-order valence-electron chi connectivity index (χ3n) is 2.39. The second kappa shape index (κ2) is 5.68. The first-order valence-corrected chi connectivity index (χ1v) is 6.40. The number of methoxy groups -OCH3 is 2. The molecule has 2 aromatic rings. The fourth-order valence-corrected chi connectivity index (χ4v) is 2.37. The molecule has 1 aromatic carbocycles. The number of nitrogens with zero attached hydrogens (tertiary/aromatic N) is 2. The normalized spacial score (nSPS) is 10.2. The molecule has 0 radical (unpaired) electrons. The molecule has 0 saturated heterocycles. The van der Waals surface area contributed by atoms with Crippen LogP contribution in [0.25, 0.3) is 10.6 Å². The summed E-state index contributed by atoms with van der Waals surface area (Å²) in [5.41, 5.74) is 0.917. The van der Waals surface area contributed by atoms with E-state index < -0.39 is 0 Å². The SMILES string of the molecule is CCNc1nnc(-c2ccc(OC)cc2OC)s1. The van der Waals surface area contributed by atoms with E-state index in [0.29, 0.717) is 0 Å². The molecule has 0 saturated carbocycles. The molecule has 0 fully saturated rings. The van der Waals surface area contributed by atoms with Gasteiger partial charge in [-0.25, -0.2) is 0 Å². The van der Waals surface area contributed by atoms with Crippen molar-refractivity contribution in [3.8, 4) is 22.1 Å². The molecular formula is C12H15N3O2S. The zero-order valence-corrected chi connectivity index (χ0v) is 11.4. The van der Waals surface area contributed by atoms with Gasteiger partial charge in [-0.05, 0) is 19.1 Å². The Morgan fingerprint density at radius 3 is 2.72 bits per heavy atom. The number of rotatable bonds is 5. The van der Waals surface area contributed by atoms with E-state index in [1.807, 2.05) is 25.1 Å². The first-order chi connectivity index (χ1) is 8.78. The number of anilines is 1. The molecule has 1 aromatic heterocycles. The van der Waals surface area contributed by atoms with E-state index in [9.17, 15) is 0 Å². The third-order valence-corrected chi connectivity index (χ3v) is 3.31. The van der Waals surface area contributed by atoms with Crippen LogP contribution in [0, 0.1) is 0 Å². The highest BCUT2D eigenvalue weighted by Crippen LogP contribution is 2.35. The van der Waals surface area contributed by atoms with Gasteiger partial charge in [0.25, 0.3) is 0 Å². The molecule has 0 aliphatic heterocycles. The lowest BCUT2D eigenvalue weighted by Crippen LogP contribution is -1.94. The number of aromatic nitrogens is 2. The second-order valence-corrected chi connectivity index (χ2v) is 4.49. The number of hydrogen-bond donors (Lipinski definition) is 1. The molecule has 0 unspecified atom stereocenters. The van der Waals surface area contributed by atoms with Gasteiger partial charge in [-0.3, -0.25) is 0 Å². The first kappa shape index (κ1) is 12.6. The molecule has 0 spiro atoms. The minimum atomic E-state index is 0.730. The fourth-order valence-electron chi connectivity index (χ4n) is 1.53. The lowest BCUT2D eigenvalue weighted by atomic mass is 10.2. The van der Waals surface area contributed by atoms with Gasteiger partial charge in [-0.2, -0.15) is 0 Å². The molecule has 0 amide bonds. The highest BCUT2D eigenvalue weighted by Gasteiger charge is 2.12. The Morgan fingerprint density at radius 1 is 1.22 bits per heavy atom. The summed E-state index contributed by atoms with van der Waals surface area (Å²) in [4.78, 5) is 0. The molecule has 2 rings (SSSR count). The van der Waals surface area contributed by atoms with E-state index in [0.717, 1.165) is 33.7 Å². The number of benzene rings is 1. The largest absolute Gasteiger partial charge is 0.497 e. The van der Waals surface area contributed by atoms with E-state index in [-0.39, 0.29) is 0 Å². The summed E-state index contributed by atoms with van der Waals surface area (Å²) in [7, 11) is 3.26. The van der Waals surface area contributed by atoms with Crippen molar-refractivity contribution in [3.05, 3.63) is 18.2 Å². The summed E-state index contributed by atoms with van der Waals surface area (Å²) in [5.74, 6) is 1.49. The van der Waals surface area contributed by atoms with E-state index in [2.05, 4.69) is 15.5 Å². The zero-order chi connectivity index (χ0) is 13.0. The van der Waals surface area contributed by atoms with Crippen LogP contribution in [0.2, 0.25) is 0 Å². The van der Waals surface area contributed by atoms with Crippen LogP contribution in [0.3, 0.4) is 0 Å². The Labute approximate surface area is 110 Å². The van der Waals surface area contributed by atoms with Crippen LogP contribution < -0.4 is 14.8 Å². The van der Waals surface area contributed by atoms with Crippen molar-refractivity contribution in [2.24, 2.45) is 0 Å². The standard InChI is InChI=1S/C12H15N3O2S/c1-4-13-12-15-14-11(18-12)9-6-5-8(16-2)7-10(9)17-3/h5-7H,4H2,1-3H3,(H,13,15). The summed E-state index contributed by atoms with van der Waals surface area (Å²) in [6.07, 6.45) is 0. The van der Waals surface area contributed by atoms with Crippen molar-refractivity contribution in [1.29, 1.82) is 0 Å². The summed E-state index contributed by atoms with van der Waals surface area (Å²) in [5, 5.41) is 13.0.